The number of likely N-dealkylation sites (N-methyl/N-ethyl adjacent to an activating group) is 1. The van der Waals surface area contributed by atoms with Gasteiger partial charge in [0.25, 0.3) is 0 Å². The number of hydrogen-bond donors (Lipinski definition) is 2. The zero-order chi connectivity index (χ0) is 28.7. The molecule has 2 aliphatic heterocycles. The van der Waals surface area contributed by atoms with Crippen LogP contribution in [0.2, 0.25) is 0 Å². The average molecular weight is 564 g/mol. The summed E-state index contributed by atoms with van der Waals surface area (Å²) in [6.45, 7) is 1.91. The summed E-state index contributed by atoms with van der Waals surface area (Å²) in [7, 11) is 7.27. The minimum absolute atomic E-state index is 0.128. The fraction of sp³-hybridized carbons (Fsp3) is 0.387. The Bertz CT molecular complexity index is 1420. The van der Waals surface area contributed by atoms with E-state index < -0.39 is 5.92 Å². The normalized spacial score (nSPS) is 22.1. The highest BCUT2D eigenvalue weighted by Crippen LogP contribution is 2.56. The molecule has 3 aliphatic rings. The predicted molar refractivity (Wildman–Crippen MR) is 152 cm³/mol. The van der Waals surface area contributed by atoms with E-state index in [2.05, 4.69) is 15.5 Å². The van der Waals surface area contributed by atoms with E-state index >= 15 is 0 Å². The molecule has 0 spiro atoms. The summed E-state index contributed by atoms with van der Waals surface area (Å²) in [6, 6.07) is 13.8. The Morgan fingerprint density at radius 3 is 2.24 bits per heavy atom. The first-order valence-electron chi connectivity index (χ1n) is 13.6. The van der Waals surface area contributed by atoms with Crippen LogP contribution in [0, 0.1) is 17.7 Å². The highest BCUT2D eigenvalue weighted by atomic mass is 19.1. The number of hydrogen-bond acceptors (Lipinski definition) is 9. The van der Waals surface area contributed by atoms with Crippen molar-refractivity contribution in [3.8, 4) is 23.0 Å². The highest BCUT2D eigenvalue weighted by Gasteiger charge is 2.52. The fourth-order valence-electron chi connectivity index (χ4n) is 6.16. The number of ether oxygens (including phenoxy) is 5. The van der Waals surface area contributed by atoms with Crippen LogP contribution in [-0.4, -0.2) is 65.7 Å². The molecule has 3 aromatic rings. The van der Waals surface area contributed by atoms with E-state index in [9.17, 15) is 9.18 Å². The van der Waals surface area contributed by atoms with Gasteiger partial charge in [0.1, 0.15) is 23.0 Å². The van der Waals surface area contributed by atoms with Gasteiger partial charge in [-0.3, -0.25) is 4.79 Å². The van der Waals surface area contributed by atoms with E-state index in [1.54, 1.807) is 26.4 Å². The zero-order valence-electron chi connectivity index (χ0n) is 23.5. The molecule has 0 aromatic heterocycles. The van der Waals surface area contributed by atoms with Gasteiger partial charge in [-0.05, 0) is 79.3 Å². The maximum atomic E-state index is 13.7. The van der Waals surface area contributed by atoms with Crippen molar-refractivity contribution in [3.63, 3.8) is 0 Å². The lowest BCUT2D eigenvalue weighted by Gasteiger charge is -2.40. The average Bonchev–Trinajstić information content (AvgIpc) is 3.59. The van der Waals surface area contributed by atoms with Gasteiger partial charge in [-0.15, -0.1) is 0 Å². The molecule has 2 heterocycles. The van der Waals surface area contributed by atoms with Crippen molar-refractivity contribution in [3.05, 3.63) is 71.0 Å². The summed E-state index contributed by atoms with van der Waals surface area (Å²) < 4.78 is 42.5. The van der Waals surface area contributed by atoms with Crippen molar-refractivity contribution in [1.82, 2.24) is 4.90 Å². The van der Waals surface area contributed by atoms with Crippen molar-refractivity contribution in [1.29, 1.82) is 0 Å². The molecule has 1 aliphatic carbocycles. The number of nitrogens with zero attached hydrogens (tertiary/aromatic N) is 1. The lowest BCUT2D eigenvalue weighted by atomic mass is 9.65. The highest BCUT2D eigenvalue weighted by molar-refractivity contribution is 5.80. The van der Waals surface area contributed by atoms with E-state index in [0.717, 1.165) is 34.6 Å². The quantitative estimate of drug-likeness (QED) is 0.362. The van der Waals surface area contributed by atoms with Crippen LogP contribution in [0.15, 0.2) is 48.5 Å². The Labute approximate surface area is 238 Å². The molecule has 0 saturated carbocycles. The van der Waals surface area contributed by atoms with E-state index in [1.807, 2.05) is 38.4 Å². The Morgan fingerprint density at radius 2 is 1.61 bits per heavy atom. The number of carbonyl (C=O) groups is 1. The van der Waals surface area contributed by atoms with E-state index in [1.165, 1.54) is 12.1 Å². The maximum Gasteiger partial charge on any atom is 0.310 e. The predicted octanol–water partition coefficient (Wildman–Crippen LogP) is 4.63. The molecule has 216 valence electrons. The number of fused-ring (bicyclic) bond motifs is 3. The van der Waals surface area contributed by atoms with Gasteiger partial charge >= 0.3 is 5.97 Å². The number of carbonyl (C=O) groups excluding carboxylic acids is 1. The molecule has 0 bridgehead atoms. The van der Waals surface area contributed by atoms with Crippen LogP contribution in [0.25, 0.3) is 0 Å². The Morgan fingerprint density at radius 1 is 0.951 bits per heavy atom. The van der Waals surface area contributed by atoms with Crippen molar-refractivity contribution < 1.29 is 32.9 Å². The number of cyclic esters (lactones) is 1. The number of methoxy groups -OCH3 is 2. The van der Waals surface area contributed by atoms with Crippen LogP contribution in [0.3, 0.4) is 0 Å². The summed E-state index contributed by atoms with van der Waals surface area (Å²) in [5.41, 5.74) is 4.25. The molecule has 41 heavy (non-hydrogen) atoms. The summed E-state index contributed by atoms with van der Waals surface area (Å²) in [4.78, 5) is 15.5. The van der Waals surface area contributed by atoms with Gasteiger partial charge in [0.15, 0.2) is 11.5 Å². The molecule has 0 amide bonds. The third-order valence-corrected chi connectivity index (χ3v) is 8.10. The zero-order valence-corrected chi connectivity index (χ0v) is 23.5. The van der Waals surface area contributed by atoms with Gasteiger partial charge in [0, 0.05) is 30.6 Å². The second-order valence-electron chi connectivity index (χ2n) is 10.8. The summed E-state index contributed by atoms with van der Waals surface area (Å²) in [5.74, 6) is 0.896. The molecule has 9 nitrogen and oxygen atoms in total. The molecule has 3 aromatic carbocycles. The van der Waals surface area contributed by atoms with E-state index in [0.29, 0.717) is 29.5 Å². The number of halogens is 1. The van der Waals surface area contributed by atoms with Gasteiger partial charge in [-0.1, -0.05) is 0 Å². The summed E-state index contributed by atoms with van der Waals surface area (Å²) >= 11 is 0. The topological polar surface area (TPSA) is 90.5 Å². The molecule has 2 N–H and O–H groups in total. The van der Waals surface area contributed by atoms with E-state index in [-0.39, 0.29) is 43.1 Å². The number of anilines is 2. The Kier molecular flexibility index (Phi) is 7.25. The second kappa shape index (κ2) is 11.0. The molecule has 1 saturated heterocycles. The lowest BCUT2D eigenvalue weighted by Crippen LogP contribution is -2.37. The van der Waals surface area contributed by atoms with Crippen molar-refractivity contribution in [2.75, 3.05) is 65.4 Å². The largest absolute Gasteiger partial charge is 0.494 e. The second-order valence-corrected chi connectivity index (χ2v) is 10.8. The minimum Gasteiger partial charge on any atom is -0.494 e. The standard InChI is InChI=1S/C31H34FN3O6/c1-35(2)10-9-33-30-25(37-3)11-17(12-26(30)38-4)27-20-13-23-24(41-16-40-23)14-21(20)29(22-15-39-31(36)28(22)27)34-19-7-5-18(32)6-8-19/h5-8,11-14,22,27-29,33-34H,9-10,15-16H2,1-4H3/t22-,27+,28-,29+/m0/s1. The lowest BCUT2D eigenvalue weighted by molar-refractivity contribution is -0.141. The molecule has 1 fully saturated rings. The number of benzene rings is 3. The van der Waals surface area contributed by atoms with Crippen LogP contribution < -0.4 is 29.6 Å². The van der Waals surface area contributed by atoms with Crippen LogP contribution >= 0.6 is 0 Å². The van der Waals surface area contributed by atoms with Gasteiger partial charge in [0.2, 0.25) is 6.79 Å². The van der Waals surface area contributed by atoms with Gasteiger partial charge in [0.05, 0.1) is 32.8 Å². The summed E-state index contributed by atoms with van der Waals surface area (Å²) in [5, 5.41) is 6.98. The number of esters is 1. The number of rotatable bonds is 9. The third kappa shape index (κ3) is 4.97. The minimum atomic E-state index is -0.484. The van der Waals surface area contributed by atoms with Gasteiger partial charge < -0.3 is 39.2 Å². The van der Waals surface area contributed by atoms with Crippen LogP contribution in [0.1, 0.15) is 28.7 Å². The van der Waals surface area contributed by atoms with E-state index in [4.69, 9.17) is 23.7 Å². The molecule has 10 heteroatoms. The maximum absolute atomic E-state index is 13.7. The molecule has 0 radical (unpaired) electrons. The Balaban J connectivity index is 1.48. The smallest absolute Gasteiger partial charge is 0.310 e. The van der Waals surface area contributed by atoms with Gasteiger partial charge in [-0.25, -0.2) is 4.39 Å². The molecular formula is C31H34FN3O6. The van der Waals surface area contributed by atoms with Crippen LogP contribution in [-0.2, 0) is 9.53 Å². The van der Waals surface area contributed by atoms with Crippen LogP contribution in [0.5, 0.6) is 23.0 Å². The van der Waals surface area contributed by atoms with Crippen molar-refractivity contribution >= 4 is 17.3 Å². The first-order chi connectivity index (χ1) is 19.9. The molecule has 4 atom stereocenters. The SMILES string of the molecule is COc1cc([C@@H]2c3cc4c(cc3[C@@H](Nc3ccc(F)cc3)[C@H]3COC(=O)[C@H]23)OCO4)cc(OC)c1NCCN(C)C. The first-order valence-corrected chi connectivity index (χ1v) is 13.6. The molecule has 0 unspecified atom stereocenters. The van der Waals surface area contributed by atoms with Crippen molar-refractivity contribution in [2.45, 2.75) is 12.0 Å². The summed E-state index contributed by atoms with van der Waals surface area (Å²) in [6.07, 6.45) is 0. The Hall–Kier alpha value is -4.18. The fourth-order valence-corrected chi connectivity index (χ4v) is 6.16. The van der Waals surface area contributed by atoms with Crippen molar-refractivity contribution in [2.24, 2.45) is 11.8 Å². The molecular weight excluding hydrogens is 529 g/mol. The first kappa shape index (κ1) is 27.0. The number of nitrogens with one attached hydrogen (secondary N) is 2. The monoisotopic (exact) mass is 563 g/mol. The van der Waals surface area contributed by atoms with Crippen LogP contribution in [0.4, 0.5) is 15.8 Å². The van der Waals surface area contributed by atoms with Gasteiger partial charge in [-0.2, -0.15) is 0 Å². The molecule has 6 rings (SSSR count). The third-order valence-electron chi connectivity index (χ3n) is 8.10.